The van der Waals surface area contributed by atoms with Crippen molar-refractivity contribution >= 4 is 31.6 Å². The van der Waals surface area contributed by atoms with Crippen LogP contribution in [0.25, 0.3) is 0 Å². The van der Waals surface area contributed by atoms with Crippen molar-refractivity contribution in [2.24, 2.45) is 21.6 Å². The first-order valence-electron chi connectivity index (χ1n) is 7.20. The van der Waals surface area contributed by atoms with Crippen molar-refractivity contribution in [1.29, 1.82) is 4.78 Å². The minimum Gasteiger partial charge on any atom is -0.456 e. The highest BCUT2D eigenvalue weighted by molar-refractivity contribution is 7.91. The summed E-state index contributed by atoms with van der Waals surface area (Å²) in [6.07, 6.45) is 0.955. The zero-order chi connectivity index (χ0) is 20.4. The van der Waals surface area contributed by atoms with E-state index in [1.165, 1.54) is 36.4 Å². The van der Waals surface area contributed by atoms with E-state index in [0.717, 1.165) is 12.3 Å². The second-order valence-corrected chi connectivity index (χ2v) is 9.11. The molecule has 144 valence electrons. The van der Waals surface area contributed by atoms with Gasteiger partial charge in [-0.3, -0.25) is 4.79 Å². The first-order chi connectivity index (χ1) is 12.4. The maximum atomic E-state index is 12.1. The van der Waals surface area contributed by atoms with E-state index in [4.69, 9.17) is 26.1 Å². The van der Waals surface area contributed by atoms with Gasteiger partial charge in [0.2, 0.25) is 0 Å². The molecule has 0 aromatic heterocycles. The molecular weight excluding hydrogens is 394 g/mol. The molecule has 0 aliphatic carbocycles. The Balaban J connectivity index is 2.45. The molecule has 27 heavy (non-hydrogen) atoms. The Morgan fingerprint density at radius 1 is 1.07 bits per heavy atom. The standard InChI is InChI=1S/C15H17N5O5S2/c1-26(22,23)13-8-9(14(21)20-15(16)17)2-7-12(13)25-10-3-5-11(6-4-10)27(18,19)24/h2-8H,1H3,(H3,18,19,24)(H4,16,17,20,21). The summed E-state index contributed by atoms with van der Waals surface area (Å²) in [4.78, 5) is 15.1. The van der Waals surface area contributed by atoms with Gasteiger partial charge in [0.05, 0.1) is 4.90 Å². The molecule has 0 bridgehead atoms. The molecule has 2 aromatic rings. The van der Waals surface area contributed by atoms with Crippen molar-refractivity contribution in [3.8, 4) is 11.5 Å². The Bertz CT molecular complexity index is 1120. The Morgan fingerprint density at radius 2 is 1.67 bits per heavy atom. The van der Waals surface area contributed by atoms with Crippen LogP contribution in [0.2, 0.25) is 0 Å². The number of ether oxygens (including phenoxy) is 1. The number of nitrogens with one attached hydrogen (secondary N) is 1. The summed E-state index contributed by atoms with van der Waals surface area (Å²) >= 11 is 0. The monoisotopic (exact) mass is 411 g/mol. The maximum Gasteiger partial charge on any atom is 0.280 e. The van der Waals surface area contributed by atoms with Crippen molar-refractivity contribution in [2.45, 2.75) is 9.79 Å². The quantitative estimate of drug-likeness (QED) is 0.408. The Hall–Kier alpha value is -2.96. The minimum atomic E-state index is -3.75. The Labute approximate surface area is 156 Å². The summed E-state index contributed by atoms with van der Waals surface area (Å²) in [5.74, 6) is -1.07. The van der Waals surface area contributed by atoms with E-state index >= 15 is 0 Å². The van der Waals surface area contributed by atoms with Gasteiger partial charge in [-0.15, -0.1) is 0 Å². The predicted octanol–water partition coefficient (Wildman–Crippen LogP) is 0.575. The van der Waals surface area contributed by atoms with Crippen LogP contribution >= 0.6 is 0 Å². The van der Waals surface area contributed by atoms with E-state index in [2.05, 4.69) is 4.99 Å². The van der Waals surface area contributed by atoms with Crippen LogP contribution in [0, 0.1) is 4.78 Å². The van der Waals surface area contributed by atoms with E-state index in [1.54, 1.807) is 0 Å². The number of benzene rings is 2. The molecule has 0 radical (unpaired) electrons. The molecule has 1 amide bonds. The Kier molecular flexibility index (Phi) is 5.54. The first kappa shape index (κ1) is 20.4. The zero-order valence-electron chi connectivity index (χ0n) is 14.1. The number of carbonyl (C=O) groups excluding carboxylic acids is 1. The van der Waals surface area contributed by atoms with Crippen LogP contribution in [-0.4, -0.2) is 30.7 Å². The lowest BCUT2D eigenvalue weighted by Crippen LogP contribution is -2.24. The van der Waals surface area contributed by atoms with E-state index < -0.39 is 31.6 Å². The summed E-state index contributed by atoms with van der Waals surface area (Å²) in [6.45, 7) is 0. The number of amides is 1. The molecule has 7 N–H and O–H groups in total. The molecule has 0 spiro atoms. The number of aliphatic imine (C=N–C) groups is 1. The molecule has 1 atom stereocenters. The number of carbonyl (C=O) groups is 1. The highest BCUT2D eigenvalue weighted by Gasteiger charge is 2.19. The van der Waals surface area contributed by atoms with Gasteiger partial charge in [-0.1, -0.05) is 0 Å². The van der Waals surface area contributed by atoms with E-state index in [1.807, 2.05) is 0 Å². The van der Waals surface area contributed by atoms with Crippen LogP contribution in [0.15, 0.2) is 57.2 Å². The average Bonchev–Trinajstić information content (AvgIpc) is 2.53. The van der Waals surface area contributed by atoms with E-state index in [0.29, 0.717) is 0 Å². The van der Waals surface area contributed by atoms with Crippen LogP contribution in [0.4, 0.5) is 0 Å². The lowest BCUT2D eigenvalue weighted by atomic mass is 10.2. The van der Waals surface area contributed by atoms with Gasteiger partial charge in [-0.25, -0.2) is 22.5 Å². The van der Waals surface area contributed by atoms with Crippen LogP contribution in [0.1, 0.15) is 10.4 Å². The molecule has 12 heteroatoms. The normalized spacial score (nSPS) is 13.4. The van der Waals surface area contributed by atoms with Gasteiger partial charge in [0, 0.05) is 11.8 Å². The van der Waals surface area contributed by atoms with Gasteiger partial charge in [0.25, 0.3) is 5.91 Å². The zero-order valence-corrected chi connectivity index (χ0v) is 15.7. The SMILES string of the molecule is CS(=O)(=O)c1cc(C(=O)N=C(N)N)ccc1Oc1ccc(S(=N)(N)=O)cc1. The van der Waals surface area contributed by atoms with Crippen molar-refractivity contribution < 1.29 is 22.2 Å². The molecule has 0 aliphatic rings. The van der Waals surface area contributed by atoms with Gasteiger partial charge < -0.3 is 16.2 Å². The van der Waals surface area contributed by atoms with Crippen LogP contribution in [-0.2, 0) is 19.8 Å². The largest absolute Gasteiger partial charge is 0.456 e. The number of guanidine groups is 1. The van der Waals surface area contributed by atoms with Gasteiger partial charge in [-0.2, -0.15) is 4.99 Å². The molecule has 1 unspecified atom stereocenters. The van der Waals surface area contributed by atoms with Gasteiger partial charge >= 0.3 is 0 Å². The summed E-state index contributed by atoms with van der Waals surface area (Å²) in [5, 5.41) is 5.23. The van der Waals surface area contributed by atoms with Gasteiger partial charge in [-0.05, 0) is 42.5 Å². The number of sulfone groups is 1. The fraction of sp³-hybridized carbons (Fsp3) is 0.0667. The summed E-state index contributed by atoms with van der Waals surface area (Å²) in [7, 11) is -7.12. The second kappa shape index (κ2) is 7.34. The van der Waals surface area contributed by atoms with Crippen molar-refractivity contribution in [2.75, 3.05) is 6.26 Å². The number of nitrogens with two attached hydrogens (primary N) is 3. The number of rotatable bonds is 5. The van der Waals surface area contributed by atoms with E-state index in [-0.39, 0.29) is 26.9 Å². The highest BCUT2D eigenvalue weighted by atomic mass is 32.2. The maximum absolute atomic E-state index is 12.1. The number of hydrogen-bond donors (Lipinski definition) is 4. The molecule has 0 fully saturated rings. The third-order valence-corrected chi connectivity index (χ3v) is 5.31. The van der Waals surface area contributed by atoms with Crippen LogP contribution in [0.5, 0.6) is 11.5 Å². The van der Waals surface area contributed by atoms with E-state index in [9.17, 15) is 17.4 Å². The van der Waals surface area contributed by atoms with Gasteiger partial charge in [0.15, 0.2) is 15.8 Å². The molecule has 0 heterocycles. The lowest BCUT2D eigenvalue weighted by Gasteiger charge is -2.11. The fourth-order valence-electron chi connectivity index (χ4n) is 2.03. The molecule has 0 saturated heterocycles. The molecule has 0 aliphatic heterocycles. The van der Waals surface area contributed by atoms with Crippen molar-refractivity contribution in [1.82, 2.24) is 0 Å². The fourth-order valence-corrected chi connectivity index (χ4v) is 3.39. The second-order valence-electron chi connectivity index (χ2n) is 5.45. The third kappa shape index (κ3) is 5.26. The van der Waals surface area contributed by atoms with Crippen LogP contribution in [0.3, 0.4) is 0 Å². The molecule has 10 nitrogen and oxygen atoms in total. The molecular formula is C15H17N5O5S2. The smallest absolute Gasteiger partial charge is 0.280 e. The van der Waals surface area contributed by atoms with Gasteiger partial charge in [0.1, 0.15) is 26.3 Å². The summed E-state index contributed by atoms with van der Waals surface area (Å²) in [5.41, 5.74) is 10.3. The highest BCUT2D eigenvalue weighted by Crippen LogP contribution is 2.30. The molecule has 2 rings (SSSR count). The lowest BCUT2D eigenvalue weighted by molar-refractivity contribution is 0.100. The topological polar surface area (TPSA) is 192 Å². The predicted molar refractivity (Wildman–Crippen MR) is 99.5 cm³/mol. The summed E-state index contributed by atoms with van der Waals surface area (Å²) < 4.78 is 48.5. The van der Waals surface area contributed by atoms with Crippen LogP contribution < -0.4 is 21.3 Å². The number of hydrogen-bond acceptors (Lipinski definition) is 6. The third-order valence-electron chi connectivity index (χ3n) is 3.22. The average molecular weight is 411 g/mol. The Morgan fingerprint density at radius 3 is 2.15 bits per heavy atom. The molecule has 2 aromatic carbocycles. The first-order valence-corrected chi connectivity index (χ1v) is 10.7. The molecule has 0 saturated carbocycles. The van der Waals surface area contributed by atoms with Crippen molar-refractivity contribution in [3.05, 3.63) is 48.0 Å². The van der Waals surface area contributed by atoms with Crippen molar-refractivity contribution in [3.63, 3.8) is 0 Å². The minimum absolute atomic E-state index is 0.0362. The number of nitrogens with zero attached hydrogens (tertiary/aromatic N) is 1. The summed E-state index contributed by atoms with van der Waals surface area (Å²) in [6, 6.07) is 9.15.